The highest BCUT2D eigenvalue weighted by molar-refractivity contribution is 6.78. The summed E-state index contributed by atoms with van der Waals surface area (Å²) in [5, 5.41) is 1.60. The zero-order chi connectivity index (χ0) is 8.23. The van der Waals surface area contributed by atoms with Gasteiger partial charge in [-0.1, -0.05) is 48.8 Å². The van der Waals surface area contributed by atoms with Crippen molar-refractivity contribution in [1.82, 2.24) is 0 Å². The maximum absolute atomic E-state index is 2.57. The van der Waals surface area contributed by atoms with Crippen LogP contribution in [-0.4, -0.2) is 14.1 Å². The molecule has 2 rings (SSSR count). The molecule has 0 N–H and O–H groups in total. The molecule has 0 atom stereocenters. The summed E-state index contributed by atoms with van der Waals surface area (Å²) < 4.78 is 0. The first kappa shape index (κ1) is 7.93. The van der Waals surface area contributed by atoms with Crippen LogP contribution < -0.4 is 5.19 Å². The van der Waals surface area contributed by atoms with Crippen molar-refractivity contribution in [3.05, 3.63) is 30.3 Å². The van der Waals surface area contributed by atoms with Crippen LogP contribution in [-0.2, 0) is 0 Å². The molecule has 0 spiro atoms. The molecular formula is C11H14Si. The lowest BCUT2D eigenvalue weighted by atomic mass is 10.3. The fourth-order valence-corrected chi connectivity index (χ4v) is 4.29. The van der Waals surface area contributed by atoms with Gasteiger partial charge in [-0.2, -0.15) is 0 Å². The zero-order valence-electron chi connectivity index (χ0n) is 7.29. The molecule has 0 amide bonds. The molecule has 0 aliphatic carbocycles. The summed E-state index contributed by atoms with van der Waals surface area (Å²) >= 11 is 0. The average Bonchev–Trinajstić information content (AvgIpc) is 2.21. The number of hydrogen-bond donors (Lipinski definition) is 0. The highest BCUT2D eigenvalue weighted by Crippen LogP contribution is 2.05. The van der Waals surface area contributed by atoms with Crippen molar-refractivity contribution < 1.29 is 0 Å². The summed E-state index contributed by atoms with van der Waals surface area (Å²) in [6.07, 6.45) is 4.21. The largest absolute Gasteiger partial charge is 0.0995 e. The minimum Gasteiger partial charge on any atom is -0.0995 e. The first-order valence-corrected chi connectivity index (χ1v) is 6.50. The van der Waals surface area contributed by atoms with E-state index in [1.165, 1.54) is 25.3 Å². The van der Waals surface area contributed by atoms with Gasteiger partial charge in [0.15, 0.2) is 0 Å². The summed E-state index contributed by atoms with van der Waals surface area (Å²) in [6, 6.07) is 12.5. The van der Waals surface area contributed by atoms with Crippen LogP contribution in [0, 0.1) is 0 Å². The maximum Gasteiger partial charge on any atom is 0.0416 e. The van der Waals surface area contributed by atoms with Crippen molar-refractivity contribution in [3.8, 4) is 0 Å². The highest BCUT2D eigenvalue weighted by Gasteiger charge is 2.05. The minimum absolute atomic E-state index is 0.251. The molecule has 0 unspecified atom stereocenters. The van der Waals surface area contributed by atoms with Gasteiger partial charge in [-0.15, -0.1) is 0 Å². The van der Waals surface area contributed by atoms with Crippen LogP contribution in [0.2, 0.25) is 6.04 Å². The van der Waals surface area contributed by atoms with E-state index in [9.17, 15) is 0 Å². The van der Waals surface area contributed by atoms with Crippen LogP contribution in [0.3, 0.4) is 0 Å². The van der Waals surface area contributed by atoms with Gasteiger partial charge >= 0.3 is 0 Å². The van der Waals surface area contributed by atoms with Crippen molar-refractivity contribution in [2.24, 2.45) is 0 Å². The first-order chi connectivity index (χ1) is 5.97. The van der Waals surface area contributed by atoms with E-state index in [1.54, 1.807) is 5.19 Å². The molecule has 62 valence electrons. The Balaban J connectivity index is 2.24. The smallest absolute Gasteiger partial charge is 0.0416 e. The van der Waals surface area contributed by atoms with Crippen molar-refractivity contribution in [2.75, 3.05) is 0 Å². The van der Waals surface area contributed by atoms with Gasteiger partial charge in [0, 0.05) is 8.41 Å². The quantitative estimate of drug-likeness (QED) is 0.571. The first-order valence-electron chi connectivity index (χ1n) is 4.71. The van der Waals surface area contributed by atoms with E-state index in [-0.39, 0.29) is 8.41 Å². The second-order valence-electron chi connectivity index (χ2n) is 3.34. The summed E-state index contributed by atoms with van der Waals surface area (Å²) in [7, 11) is -0.251. The SMILES string of the molecule is C1=[Si](c2ccccc2)CCCC1. The Morgan fingerprint density at radius 1 is 1.00 bits per heavy atom. The van der Waals surface area contributed by atoms with Crippen molar-refractivity contribution in [2.45, 2.75) is 25.3 Å². The predicted octanol–water partition coefficient (Wildman–Crippen LogP) is 1.96. The lowest BCUT2D eigenvalue weighted by molar-refractivity contribution is 0.830. The van der Waals surface area contributed by atoms with E-state index in [0.717, 1.165) is 0 Å². The number of hydrogen-bond acceptors (Lipinski definition) is 0. The molecule has 0 saturated carbocycles. The second-order valence-corrected chi connectivity index (χ2v) is 5.88. The van der Waals surface area contributed by atoms with Gasteiger partial charge in [-0.25, -0.2) is 0 Å². The molecule has 0 aromatic heterocycles. The molecule has 0 nitrogen and oxygen atoms in total. The Bertz CT molecular complexity index is 274. The number of rotatable bonds is 1. The molecule has 0 radical (unpaired) electrons. The van der Waals surface area contributed by atoms with E-state index in [2.05, 4.69) is 36.0 Å². The topological polar surface area (TPSA) is 0 Å². The van der Waals surface area contributed by atoms with Crippen molar-refractivity contribution in [1.29, 1.82) is 0 Å². The van der Waals surface area contributed by atoms with E-state index < -0.39 is 0 Å². The monoisotopic (exact) mass is 174 g/mol. The molecule has 1 heteroatoms. The lowest BCUT2D eigenvalue weighted by Gasteiger charge is -2.11. The molecule has 1 aliphatic heterocycles. The molecule has 1 aliphatic rings. The van der Waals surface area contributed by atoms with E-state index in [1.807, 2.05) is 0 Å². The fraction of sp³-hybridized carbons (Fsp3) is 0.364. The Morgan fingerprint density at radius 2 is 1.83 bits per heavy atom. The molecule has 12 heavy (non-hydrogen) atoms. The van der Waals surface area contributed by atoms with Gasteiger partial charge < -0.3 is 0 Å². The average molecular weight is 174 g/mol. The summed E-state index contributed by atoms with van der Waals surface area (Å²) in [4.78, 5) is 0. The molecule has 0 bridgehead atoms. The second kappa shape index (κ2) is 3.81. The zero-order valence-corrected chi connectivity index (χ0v) is 8.29. The van der Waals surface area contributed by atoms with E-state index >= 15 is 0 Å². The molecule has 1 aromatic rings. The van der Waals surface area contributed by atoms with Crippen LogP contribution in [0.1, 0.15) is 19.3 Å². The lowest BCUT2D eigenvalue weighted by Crippen LogP contribution is -2.25. The van der Waals surface area contributed by atoms with Gasteiger partial charge in [-0.05, 0) is 17.7 Å². The van der Waals surface area contributed by atoms with Gasteiger partial charge in [0.2, 0.25) is 0 Å². The van der Waals surface area contributed by atoms with E-state index in [4.69, 9.17) is 0 Å². The Morgan fingerprint density at radius 3 is 2.50 bits per heavy atom. The van der Waals surface area contributed by atoms with Crippen LogP contribution in [0.4, 0.5) is 0 Å². The predicted molar refractivity (Wildman–Crippen MR) is 56.6 cm³/mol. The van der Waals surface area contributed by atoms with Crippen LogP contribution in [0.25, 0.3) is 0 Å². The Hall–Kier alpha value is -0.693. The van der Waals surface area contributed by atoms with Gasteiger partial charge in [-0.3, -0.25) is 0 Å². The number of benzene rings is 1. The summed E-state index contributed by atoms with van der Waals surface area (Å²) in [6.45, 7) is 0. The standard InChI is InChI=1S/C11H14Si/c1-3-7-11(8-4-1)12-9-5-2-6-10-12/h1,3-4,7-9H,2,5-6,10H2. The Kier molecular flexibility index (Phi) is 2.52. The van der Waals surface area contributed by atoms with Crippen LogP contribution in [0.5, 0.6) is 0 Å². The molecule has 1 heterocycles. The van der Waals surface area contributed by atoms with Crippen molar-refractivity contribution in [3.63, 3.8) is 0 Å². The van der Waals surface area contributed by atoms with Crippen LogP contribution in [0.15, 0.2) is 30.3 Å². The Labute approximate surface area is 75.5 Å². The van der Waals surface area contributed by atoms with E-state index in [0.29, 0.717) is 0 Å². The third-order valence-corrected chi connectivity index (χ3v) is 5.18. The molecule has 0 saturated heterocycles. The molecular weight excluding hydrogens is 160 g/mol. The summed E-state index contributed by atoms with van der Waals surface area (Å²) in [5.41, 5.74) is 2.57. The van der Waals surface area contributed by atoms with Gasteiger partial charge in [0.25, 0.3) is 0 Å². The van der Waals surface area contributed by atoms with Crippen molar-refractivity contribution >= 4 is 19.3 Å². The van der Waals surface area contributed by atoms with Crippen LogP contribution >= 0.6 is 0 Å². The third kappa shape index (κ3) is 1.72. The minimum atomic E-state index is -0.251. The highest BCUT2D eigenvalue weighted by atomic mass is 28.2. The normalized spacial score (nSPS) is 17.2. The fourth-order valence-electron chi connectivity index (χ4n) is 1.75. The summed E-state index contributed by atoms with van der Waals surface area (Å²) in [5.74, 6) is 0. The van der Waals surface area contributed by atoms with Gasteiger partial charge in [0.1, 0.15) is 0 Å². The third-order valence-electron chi connectivity index (χ3n) is 2.44. The molecule has 0 fully saturated rings. The maximum atomic E-state index is 2.57. The molecule has 1 aromatic carbocycles. The van der Waals surface area contributed by atoms with Gasteiger partial charge in [0.05, 0.1) is 0 Å².